The number of hydrogen-bond donors (Lipinski definition) is 0. The molecule has 0 aliphatic carbocycles. The maximum atomic E-state index is 12.7. The second-order valence-electron chi connectivity index (χ2n) is 7.86. The van der Waals surface area contributed by atoms with Crippen LogP contribution in [0.3, 0.4) is 0 Å². The van der Waals surface area contributed by atoms with Crippen molar-refractivity contribution in [1.82, 2.24) is 0 Å². The summed E-state index contributed by atoms with van der Waals surface area (Å²) >= 11 is 0. The highest BCUT2D eigenvalue weighted by molar-refractivity contribution is 6.11. The van der Waals surface area contributed by atoms with Gasteiger partial charge in [-0.05, 0) is 46.2 Å². The van der Waals surface area contributed by atoms with Gasteiger partial charge in [0.15, 0.2) is 5.71 Å². The quantitative estimate of drug-likeness (QED) is 0.338. The maximum absolute atomic E-state index is 12.7. The van der Waals surface area contributed by atoms with E-state index in [0.717, 1.165) is 16.0 Å². The molecular formula is C24H25NO2. The first-order valence-corrected chi connectivity index (χ1v) is 9.53. The Balaban J connectivity index is 1.79. The van der Waals surface area contributed by atoms with Gasteiger partial charge >= 0.3 is 0 Å². The molecule has 0 N–H and O–H groups in total. The minimum Gasteiger partial charge on any atom is -0.622 e. The number of allylic oxidation sites excluding steroid dienone is 1. The first-order chi connectivity index (χ1) is 13.0. The van der Waals surface area contributed by atoms with Gasteiger partial charge in [-0.2, -0.15) is 4.74 Å². The third kappa shape index (κ3) is 3.13. The van der Waals surface area contributed by atoms with Crippen molar-refractivity contribution in [2.75, 3.05) is 6.61 Å². The van der Waals surface area contributed by atoms with Gasteiger partial charge in [0, 0.05) is 12.5 Å². The Hall–Kier alpha value is -2.65. The summed E-state index contributed by atoms with van der Waals surface area (Å²) in [6.45, 7) is 6.65. The normalized spacial score (nSPS) is 19.6. The molecule has 0 fully saturated rings. The number of benzene rings is 3. The van der Waals surface area contributed by atoms with Crippen molar-refractivity contribution >= 4 is 33.3 Å². The Morgan fingerprint density at radius 3 is 2.44 bits per heavy atom. The van der Waals surface area contributed by atoms with Gasteiger partial charge in [-0.25, -0.2) is 0 Å². The molecule has 1 heterocycles. The Bertz CT molecular complexity index is 1060. The molecule has 3 aromatic carbocycles. The maximum Gasteiger partial charge on any atom is 0.273 e. The van der Waals surface area contributed by atoms with E-state index in [1.807, 2.05) is 13.0 Å². The minimum atomic E-state index is -0.421. The van der Waals surface area contributed by atoms with E-state index in [1.165, 1.54) is 21.5 Å². The van der Waals surface area contributed by atoms with Gasteiger partial charge < -0.3 is 9.94 Å². The summed E-state index contributed by atoms with van der Waals surface area (Å²) in [5, 5.41) is 17.6. The van der Waals surface area contributed by atoms with Crippen LogP contribution in [-0.4, -0.2) is 23.3 Å². The fraction of sp³-hybridized carbons (Fsp3) is 0.292. The van der Waals surface area contributed by atoms with E-state index in [-0.39, 0.29) is 5.41 Å². The second-order valence-corrected chi connectivity index (χ2v) is 7.86. The Labute approximate surface area is 160 Å². The number of ether oxygens (including phenoxy) is 1. The van der Waals surface area contributed by atoms with Gasteiger partial charge in [0.25, 0.3) is 6.23 Å². The Morgan fingerprint density at radius 1 is 1.04 bits per heavy atom. The summed E-state index contributed by atoms with van der Waals surface area (Å²) in [4.78, 5) is 0. The smallest absolute Gasteiger partial charge is 0.273 e. The molecular weight excluding hydrogens is 334 g/mol. The molecule has 1 aliphatic heterocycles. The molecule has 1 unspecified atom stereocenters. The van der Waals surface area contributed by atoms with E-state index >= 15 is 0 Å². The zero-order chi connectivity index (χ0) is 19.0. The molecule has 4 rings (SSSR count). The highest BCUT2D eigenvalue weighted by Crippen LogP contribution is 2.35. The molecule has 0 saturated carbocycles. The SMILES string of the molecule is CCOC1[N+]([O-])=C(/C=C/c2cc3ccccc3c3ccccc23)CC1(C)C. The number of nitrogens with zero attached hydrogens (tertiary/aromatic N) is 1. The minimum absolute atomic E-state index is 0.192. The van der Waals surface area contributed by atoms with E-state index in [0.29, 0.717) is 13.0 Å². The van der Waals surface area contributed by atoms with Gasteiger partial charge in [-0.1, -0.05) is 62.4 Å². The summed E-state index contributed by atoms with van der Waals surface area (Å²) in [7, 11) is 0. The summed E-state index contributed by atoms with van der Waals surface area (Å²) < 4.78 is 6.74. The molecule has 3 heteroatoms. The van der Waals surface area contributed by atoms with E-state index in [1.54, 1.807) is 0 Å². The average Bonchev–Trinajstić information content (AvgIpc) is 2.89. The largest absolute Gasteiger partial charge is 0.622 e. The molecule has 0 radical (unpaired) electrons. The molecule has 0 aromatic heterocycles. The van der Waals surface area contributed by atoms with Gasteiger partial charge in [0.1, 0.15) is 0 Å². The van der Waals surface area contributed by atoms with Gasteiger partial charge in [-0.15, -0.1) is 0 Å². The lowest BCUT2D eigenvalue weighted by Crippen LogP contribution is -2.33. The average molecular weight is 359 g/mol. The van der Waals surface area contributed by atoms with Crippen molar-refractivity contribution in [2.24, 2.45) is 5.41 Å². The number of hydroxylamine groups is 1. The number of fused-ring (bicyclic) bond motifs is 3. The predicted octanol–water partition coefficient (Wildman–Crippen LogP) is 5.75. The molecule has 1 atom stereocenters. The van der Waals surface area contributed by atoms with Crippen molar-refractivity contribution in [3.8, 4) is 0 Å². The fourth-order valence-corrected chi connectivity index (χ4v) is 4.09. The van der Waals surface area contributed by atoms with Crippen LogP contribution in [0.5, 0.6) is 0 Å². The van der Waals surface area contributed by atoms with E-state index in [4.69, 9.17) is 4.74 Å². The lowest BCUT2D eigenvalue weighted by atomic mass is 9.88. The monoisotopic (exact) mass is 359 g/mol. The zero-order valence-electron chi connectivity index (χ0n) is 16.1. The van der Waals surface area contributed by atoms with Gasteiger partial charge in [0.05, 0.1) is 12.0 Å². The lowest BCUT2D eigenvalue weighted by Gasteiger charge is -2.23. The summed E-state index contributed by atoms with van der Waals surface area (Å²) in [6, 6.07) is 19.1. The van der Waals surface area contributed by atoms with Crippen LogP contribution >= 0.6 is 0 Å². The molecule has 0 spiro atoms. The number of hydrogen-bond acceptors (Lipinski definition) is 2. The van der Waals surface area contributed by atoms with Crippen LogP contribution in [0.25, 0.3) is 27.6 Å². The third-order valence-electron chi connectivity index (χ3n) is 5.38. The van der Waals surface area contributed by atoms with E-state index in [2.05, 4.69) is 74.5 Å². The molecule has 0 amide bonds. The van der Waals surface area contributed by atoms with E-state index < -0.39 is 6.23 Å². The van der Waals surface area contributed by atoms with Crippen LogP contribution in [0.4, 0.5) is 0 Å². The molecule has 3 nitrogen and oxygen atoms in total. The zero-order valence-corrected chi connectivity index (χ0v) is 16.1. The molecule has 0 saturated heterocycles. The van der Waals surface area contributed by atoms with Crippen molar-refractivity contribution in [3.05, 3.63) is 71.4 Å². The van der Waals surface area contributed by atoms with Gasteiger partial charge in [-0.3, -0.25) is 0 Å². The Kier molecular flexibility index (Phi) is 4.48. The summed E-state index contributed by atoms with van der Waals surface area (Å²) in [5.74, 6) is 0. The molecule has 1 aliphatic rings. The van der Waals surface area contributed by atoms with Crippen LogP contribution in [0.15, 0.2) is 60.7 Å². The molecule has 27 heavy (non-hydrogen) atoms. The van der Waals surface area contributed by atoms with E-state index in [9.17, 15) is 5.21 Å². The second kappa shape index (κ2) is 6.82. The molecule has 138 valence electrons. The first kappa shape index (κ1) is 17.7. The van der Waals surface area contributed by atoms with Crippen molar-refractivity contribution in [1.29, 1.82) is 0 Å². The van der Waals surface area contributed by atoms with Gasteiger partial charge in [0.2, 0.25) is 0 Å². The first-order valence-electron chi connectivity index (χ1n) is 9.53. The van der Waals surface area contributed by atoms with Crippen molar-refractivity contribution in [2.45, 2.75) is 33.4 Å². The van der Waals surface area contributed by atoms with Crippen LogP contribution < -0.4 is 0 Å². The van der Waals surface area contributed by atoms with Crippen molar-refractivity contribution < 1.29 is 9.48 Å². The molecule has 3 aromatic rings. The van der Waals surface area contributed by atoms with Crippen LogP contribution in [0, 0.1) is 10.6 Å². The van der Waals surface area contributed by atoms with Crippen molar-refractivity contribution in [3.63, 3.8) is 0 Å². The standard InChI is InChI=1S/C24H25NO2/c1-4-27-23-24(2,3)16-19(25(23)26)14-13-18-15-17-9-5-6-10-20(17)22-12-8-7-11-21(18)22/h5-15,23H,4,16H2,1-3H3/b14-13+. The number of rotatable bonds is 4. The predicted molar refractivity (Wildman–Crippen MR) is 113 cm³/mol. The summed E-state index contributed by atoms with van der Waals surface area (Å²) in [5.41, 5.74) is 1.71. The van der Waals surface area contributed by atoms with Crippen LogP contribution in [0.1, 0.15) is 32.8 Å². The lowest BCUT2D eigenvalue weighted by molar-refractivity contribution is -0.564. The van der Waals surface area contributed by atoms with Crippen LogP contribution in [0.2, 0.25) is 0 Å². The third-order valence-corrected chi connectivity index (χ3v) is 5.38. The summed E-state index contributed by atoms with van der Waals surface area (Å²) in [6.07, 6.45) is 4.32. The highest BCUT2D eigenvalue weighted by atomic mass is 16.6. The highest BCUT2D eigenvalue weighted by Gasteiger charge is 2.45. The topological polar surface area (TPSA) is 35.3 Å². The molecule has 0 bridgehead atoms. The fourth-order valence-electron chi connectivity index (χ4n) is 4.09. The Morgan fingerprint density at radius 2 is 1.70 bits per heavy atom. The van der Waals surface area contributed by atoms with Crippen LogP contribution in [-0.2, 0) is 4.74 Å².